The summed E-state index contributed by atoms with van der Waals surface area (Å²) >= 11 is 1.63. The first-order valence-corrected chi connectivity index (χ1v) is 10.9. The summed E-state index contributed by atoms with van der Waals surface area (Å²) in [5.74, 6) is -0.263. The molecule has 164 valence electrons. The largest absolute Gasteiger partial charge is 0.394 e. The maximum Gasteiger partial charge on any atom is 0.123 e. The van der Waals surface area contributed by atoms with Crippen molar-refractivity contribution in [3.63, 3.8) is 0 Å². The van der Waals surface area contributed by atoms with E-state index in [4.69, 9.17) is 4.74 Å². The lowest BCUT2D eigenvalue weighted by Crippen LogP contribution is -2.55. The van der Waals surface area contributed by atoms with Crippen molar-refractivity contribution in [2.45, 2.75) is 43.9 Å². The van der Waals surface area contributed by atoms with Crippen LogP contribution in [0.3, 0.4) is 0 Å². The second-order valence-corrected chi connectivity index (χ2v) is 9.05. The Morgan fingerprint density at radius 1 is 0.935 bits per heavy atom. The fourth-order valence-corrected chi connectivity index (χ4v) is 4.90. The topological polar surface area (TPSA) is 90.2 Å². The van der Waals surface area contributed by atoms with E-state index in [0.717, 1.165) is 26.4 Å². The fraction of sp³-hybridized carbons (Fsp3) is 0.333. The van der Waals surface area contributed by atoms with Crippen molar-refractivity contribution in [2.75, 3.05) is 6.61 Å². The number of ether oxygens (including phenoxy) is 1. The lowest BCUT2D eigenvalue weighted by atomic mass is 9.89. The Kier molecular flexibility index (Phi) is 6.52. The molecular formula is C24H25FO5S. The van der Waals surface area contributed by atoms with Gasteiger partial charge in [0.15, 0.2) is 0 Å². The van der Waals surface area contributed by atoms with Gasteiger partial charge in [-0.1, -0.05) is 30.3 Å². The van der Waals surface area contributed by atoms with E-state index in [9.17, 15) is 24.8 Å². The molecule has 1 saturated heterocycles. The molecule has 3 aromatic rings. The van der Waals surface area contributed by atoms with Crippen LogP contribution in [0.15, 0.2) is 54.6 Å². The second kappa shape index (κ2) is 9.16. The molecule has 2 unspecified atom stereocenters. The molecule has 0 radical (unpaired) electrons. The Labute approximate surface area is 184 Å². The minimum Gasteiger partial charge on any atom is -0.394 e. The van der Waals surface area contributed by atoms with Crippen molar-refractivity contribution >= 4 is 11.3 Å². The molecule has 1 aliphatic rings. The lowest BCUT2D eigenvalue weighted by Gasteiger charge is -2.40. The van der Waals surface area contributed by atoms with Crippen LogP contribution >= 0.6 is 11.3 Å². The van der Waals surface area contributed by atoms with Gasteiger partial charge in [0.05, 0.1) is 6.61 Å². The second-order valence-electron chi connectivity index (χ2n) is 7.89. The number of aliphatic hydroxyl groups excluding tert-OH is 4. The number of rotatable bonds is 5. The molecule has 0 bridgehead atoms. The van der Waals surface area contributed by atoms with Gasteiger partial charge in [0, 0.05) is 16.2 Å². The zero-order valence-corrected chi connectivity index (χ0v) is 17.8. The standard InChI is InChI=1S/C24H25FO5S/c1-13-2-3-15(24-23(29)22(28)21(27)19(12-26)30-24)10-16(13)11-18-8-9-20(31-18)14-4-6-17(25)7-5-14/h2-10,19,21-24,26-29H,11-12H2,1H3/t19?,21-,22+,23-,24?/m1/s1. The van der Waals surface area contributed by atoms with Gasteiger partial charge in [0.25, 0.3) is 0 Å². The fourth-order valence-electron chi connectivity index (χ4n) is 3.87. The molecule has 31 heavy (non-hydrogen) atoms. The predicted molar refractivity (Wildman–Crippen MR) is 116 cm³/mol. The SMILES string of the molecule is Cc1ccc(C2OC(CO)[C@@H](O)[C@H](O)[C@H]2O)cc1Cc1ccc(-c2ccc(F)cc2)s1. The maximum atomic E-state index is 13.2. The Bertz CT molecular complexity index is 1030. The Morgan fingerprint density at radius 2 is 1.68 bits per heavy atom. The van der Waals surface area contributed by atoms with E-state index in [1.165, 1.54) is 12.1 Å². The first-order chi connectivity index (χ1) is 14.9. The van der Waals surface area contributed by atoms with E-state index in [2.05, 4.69) is 0 Å². The summed E-state index contributed by atoms with van der Waals surface area (Å²) in [7, 11) is 0. The van der Waals surface area contributed by atoms with Gasteiger partial charge >= 0.3 is 0 Å². The molecule has 0 spiro atoms. The molecule has 4 N–H and O–H groups in total. The van der Waals surface area contributed by atoms with Crippen LogP contribution in [0.4, 0.5) is 4.39 Å². The summed E-state index contributed by atoms with van der Waals surface area (Å²) in [6.45, 7) is 1.54. The van der Waals surface area contributed by atoms with E-state index in [-0.39, 0.29) is 5.82 Å². The smallest absolute Gasteiger partial charge is 0.123 e. The normalized spacial score (nSPS) is 26.2. The summed E-state index contributed by atoms with van der Waals surface area (Å²) in [6, 6.07) is 16.2. The van der Waals surface area contributed by atoms with Gasteiger partial charge in [-0.2, -0.15) is 0 Å². The minimum atomic E-state index is -1.41. The molecule has 7 heteroatoms. The number of hydrogen-bond acceptors (Lipinski definition) is 6. The van der Waals surface area contributed by atoms with Gasteiger partial charge in [-0.05, 0) is 53.4 Å². The number of halogens is 1. The van der Waals surface area contributed by atoms with Crippen molar-refractivity contribution in [3.05, 3.63) is 82.0 Å². The maximum absolute atomic E-state index is 13.2. The summed E-state index contributed by atoms with van der Waals surface area (Å²) < 4.78 is 18.9. The minimum absolute atomic E-state index is 0.263. The third kappa shape index (κ3) is 4.57. The van der Waals surface area contributed by atoms with Gasteiger partial charge in [-0.3, -0.25) is 0 Å². The van der Waals surface area contributed by atoms with Gasteiger partial charge in [-0.15, -0.1) is 11.3 Å². The third-order valence-corrected chi connectivity index (χ3v) is 6.88. The van der Waals surface area contributed by atoms with Gasteiger partial charge in [0.1, 0.15) is 36.3 Å². The highest BCUT2D eigenvalue weighted by atomic mass is 32.1. The van der Waals surface area contributed by atoms with Crippen molar-refractivity contribution in [2.24, 2.45) is 0 Å². The van der Waals surface area contributed by atoms with E-state index in [0.29, 0.717) is 12.0 Å². The molecular weight excluding hydrogens is 419 g/mol. The quantitative estimate of drug-likeness (QED) is 0.486. The van der Waals surface area contributed by atoms with Crippen LogP contribution in [0, 0.1) is 12.7 Å². The molecule has 1 fully saturated rings. The summed E-state index contributed by atoms with van der Waals surface area (Å²) in [5.41, 5.74) is 3.75. The van der Waals surface area contributed by atoms with Gasteiger partial charge in [0.2, 0.25) is 0 Å². The van der Waals surface area contributed by atoms with Crippen molar-refractivity contribution in [3.8, 4) is 10.4 Å². The van der Waals surface area contributed by atoms with Crippen molar-refractivity contribution < 1.29 is 29.6 Å². The lowest BCUT2D eigenvalue weighted by molar-refractivity contribution is -0.231. The van der Waals surface area contributed by atoms with E-state index >= 15 is 0 Å². The predicted octanol–water partition coefficient (Wildman–Crippen LogP) is 2.97. The number of aryl methyl sites for hydroxylation is 1. The van der Waals surface area contributed by atoms with Crippen molar-refractivity contribution in [1.82, 2.24) is 0 Å². The van der Waals surface area contributed by atoms with Gasteiger partial charge < -0.3 is 25.2 Å². The Balaban J connectivity index is 1.57. The van der Waals surface area contributed by atoms with Crippen LogP contribution in [0.2, 0.25) is 0 Å². The number of hydrogen-bond donors (Lipinski definition) is 4. The Morgan fingerprint density at radius 3 is 2.39 bits per heavy atom. The number of thiophene rings is 1. The number of benzene rings is 2. The molecule has 1 aliphatic heterocycles. The average molecular weight is 445 g/mol. The highest BCUT2D eigenvalue weighted by Gasteiger charge is 2.43. The Hall–Kier alpha value is -2.13. The first kappa shape index (κ1) is 22.1. The van der Waals surface area contributed by atoms with Crippen molar-refractivity contribution in [1.29, 1.82) is 0 Å². The highest BCUT2D eigenvalue weighted by Crippen LogP contribution is 2.35. The number of aliphatic hydroxyl groups is 4. The zero-order valence-electron chi connectivity index (χ0n) is 17.0. The summed E-state index contributed by atoms with van der Waals surface area (Å²) in [5, 5.41) is 40.0. The molecule has 5 atom stereocenters. The third-order valence-electron chi connectivity index (χ3n) is 5.75. The molecule has 0 aliphatic carbocycles. The summed E-state index contributed by atoms with van der Waals surface area (Å²) in [4.78, 5) is 2.19. The molecule has 4 rings (SSSR count). The van der Waals surface area contributed by atoms with Crippen LogP contribution < -0.4 is 0 Å². The summed E-state index contributed by atoms with van der Waals surface area (Å²) in [6.07, 6.45) is -5.21. The van der Waals surface area contributed by atoms with Crippen LogP contribution in [0.1, 0.15) is 27.7 Å². The van der Waals surface area contributed by atoms with Crippen LogP contribution in [0.25, 0.3) is 10.4 Å². The monoisotopic (exact) mass is 444 g/mol. The first-order valence-electron chi connectivity index (χ1n) is 10.1. The van der Waals surface area contributed by atoms with E-state index < -0.39 is 37.1 Å². The molecule has 0 saturated carbocycles. The molecule has 0 amide bonds. The molecule has 2 heterocycles. The van der Waals surface area contributed by atoms with Crippen LogP contribution in [0.5, 0.6) is 0 Å². The molecule has 1 aromatic heterocycles. The van der Waals surface area contributed by atoms with E-state index in [1.54, 1.807) is 23.5 Å². The molecule has 2 aromatic carbocycles. The molecule has 5 nitrogen and oxygen atoms in total. The highest BCUT2D eigenvalue weighted by molar-refractivity contribution is 7.15. The van der Waals surface area contributed by atoms with Crippen LogP contribution in [-0.2, 0) is 11.2 Å². The van der Waals surface area contributed by atoms with Gasteiger partial charge in [-0.25, -0.2) is 4.39 Å². The van der Waals surface area contributed by atoms with Crippen LogP contribution in [-0.4, -0.2) is 51.4 Å². The zero-order chi connectivity index (χ0) is 22.1. The van der Waals surface area contributed by atoms with E-state index in [1.807, 2.05) is 37.3 Å². The average Bonchev–Trinajstić information content (AvgIpc) is 3.23.